The van der Waals surface area contributed by atoms with Crippen molar-refractivity contribution in [2.75, 3.05) is 50.0 Å². The summed E-state index contributed by atoms with van der Waals surface area (Å²) in [7, 11) is 0. The van der Waals surface area contributed by atoms with Gasteiger partial charge in [-0.1, -0.05) is 18.2 Å². The predicted octanol–water partition coefficient (Wildman–Crippen LogP) is 2.94. The Bertz CT molecular complexity index is 1590. The molecule has 0 atom stereocenters. The Morgan fingerprint density at radius 2 is 1.85 bits per heavy atom. The van der Waals surface area contributed by atoms with E-state index in [1.54, 1.807) is 6.07 Å². The minimum atomic E-state index is -0.377. The maximum Gasteiger partial charge on any atom is 0.270 e. The van der Waals surface area contributed by atoms with Crippen LogP contribution in [0.2, 0.25) is 0 Å². The molecule has 3 aromatic carbocycles. The molecule has 0 radical (unpaired) electrons. The number of benzene rings is 3. The molecule has 1 saturated heterocycles. The largest absolute Gasteiger partial charge is 0.487 e. The number of fused-ring (bicyclic) bond motifs is 3. The highest BCUT2D eigenvalue weighted by atomic mass is 19.1. The van der Waals surface area contributed by atoms with Gasteiger partial charge in [-0.25, -0.2) is 9.38 Å². The molecule has 4 heterocycles. The molecule has 7 rings (SSSR count). The molecule has 9 heteroatoms. The Hall–Kier alpha value is -4.34. The smallest absolute Gasteiger partial charge is 0.270 e. The summed E-state index contributed by atoms with van der Waals surface area (Å²) in [5.41, 5.74) is 4.50. The molecule has 4 aliphatic heterocycles. The van der Waals surface area contributed by atoms with E-state index in [0.29, 0.717) is 29.2 Å². The van der Waals surface area contributed by atoms with Crippen molar-refractivity contribution < 1.29 is 23.5 Å². The van der Waals surface area contributed by atoms with Crippen molar-refractivity contribution in [2.45, 2.75) is 13.0 Å². The first-order valence-electron chi connectivity index (χ1n) is 13.4. The number of nitrogens with one attached hydrogen (secondary N) is 2. The number of carbonyl (C=O) groups is 2. The first-order valence-corrected chi connectivity index (χ1v) is 13.4. The molecule has 8 nitrogen and oxygen atoms in total. The van der Waals surface area contributed by atoms with Gasteiger partial charge in [0.25, 0.3) is 11.8 Å². The lowest BCUT2D eigenvalue weighted by molar-refractivity contribution is -0.112. The van der Waals surface area contributed by atoms with Crippen LogP contribution >= 0.6 is 0 Å². The molecule has 2 N–H and O–H groups in total. The fraction of sp³-hybridized carbons (Fsp3) is 0.258. The fourth-order valence-corrected chi connectivity index (χ4v) is 5.20. The molecular weight excluding hydrogens is 511 g/mol. The average molecular weight is 541 g/mol. The Morgan fingerprint density at radius 1 is 1.00 bits per heavy atom. The number of nitrogens with zero attached hydrogens (tertiary/aromatic N) is 2. The topological polar surface area (TPSA) is 92.3 Å². The van der Waals surface area contributed by atoms with Gasteiger partial charge in [-0.2, -0.15) is 0 Å². The molecule has 3 aromatic rings. The van der Waals surface area contributed by atoms with E-state index in [0.717, 1.165) is 73.2 Å². The second kappa shape index (κ2) is 11.4. The van der Waals surface area contributed by atoms with E-state index in [9.17, 15) is 14.0 Å². The van der Waals surface area contributed by atoms with E-state index in [1.165, 1.54) is 18.2 Å². The summed E-state index contributed by atoms with van der Waals surface area (Å²) in [6.45, 7) is 6.01. The van der Waals surface area contributed by atoms with Crippen LogP contribution in [0, 0.1) is 5.82 Å². The Labute approximate surface area is 230 Å². The molecule has 0 aromatic heterocycles. The van der Waals surface area contributed by atoms with Gasteiger partial charge in [0.05, 0.1) is 24.1 Å². The summed E-state index contributed by atoms with van der Waals surface area (Å²) in [4.78, 5) is 29.4. The number of ether oxygens (including phenoxy) is 2. The summed E-state index contributed by atoms with van der Waals surface area (Å²) >= 11 is 0. The van der Waals surface area contributed by atoms with Crippen LogP contribution in [0.4, 0.5) is 15.8 Å². The van der Waals surface area contributed by atoms with E-state index < -0.39 is 0 Å². The summed E-state index contributed by atoms with van der Waals surface area (Å²) in [6.07, 6.45) is 2.60. The zero-order valence-corrected chi connectivity index (χ0v) is 21.9. The lowest BCUT2D eigenvalue weighted by Crippen LogP contribution is -2.37. The zero-order chi connectivity index (χ0) is 27.5. The van der Waals surface area contributed by atoms with Gasteiger partial charge >= 0.3 is 0 Å². The highest BCUT2D eigenvalue weighted by Gasteiger charge is 2.32. The Balaban J connectivity index is 0.000000242. The van der Waals surface area contributed by atoms with Crippen molar-refractivity contribution in [3.05, 3.63) is 93.7 Å². The van der Waals surface area contributed by atoms with Crippen molar-refractivity contribution >= 4 is 40.6 Å². The molecule has 4 aliphatic rings. The van der Waals surface area contributed by atoms with Crippen LogP contribution in [0.25, 0.3) is 17.4 Å². The minimum Gasteiger partial charge on any atom is -0.487 e. The second-order valence-electron chi connectivity index (χ2n) is 9.90. The number of amides is 2. The van der Waals surface area contributed by atoms with Crippen LogP contribution in [-0.2, 0) is 25.7 Å². The number of morpholine rings is 1. The van der Waals surface area contributed by atoms with E-state index in [-0.39, 0.29) is 17.6 Å². The van der Waals surface area contributed by atoms with Crippen LogP contribution in [0.15, 0.2) is 65.7 Å². The molecule has 0 saturated carbocycles. The number of hydrogen-bond donors (Lipinski definition) is 2. The first-order chi connectivity index (χ1) is 19.5. The Kier molecular flexibility index (Phi) is 7.39. The Morgan fingerprint density at radius 3 is 2.70 bits per heavy atom. The zero-order valence-electron chi connectivity index (χ0n) is 21.9. The van der Waals surface area contributed by atoms with Crippen LogP contribution in [0.5, 0.6) is 0 Å². The van der Waals surface area contributed by atoms with Crippen molar-refractivity contribution in [1.29, 1.82) is 0 Å². The minimum absolute atomic E-state index is 0.152. The summed E-state index contributed by atoms with van der Waals surface area (Å²) < 4.78 is 25.0. The van der Waals surface area contributed by atoms with Crippen molar-refractivity contribution in [1.82, 2.24) is 4.90 Å². The lowest BCUT2D eigenvalue weighted by Gasteiger charge is -2.26. The van der Waals surface area contributed by atoms with Crippen LogP contribution < -0.4 is 21.2 Å². The van der Waals surface area contributed by atoms with E-state index in [4.69, 9.17) is 9.47 Å². The average Bonchev–Trinajstić information content (AvgIpc) is 3.64. The quantitative estimate of drug-likeness (QED) is 0.382. The highest BCUT2D eigenvalue weighted by Crippen LogP contribution is 2.42. The van der Waals surface area contributed by atoms with E-state index in [1.807, 2.05) is 36.4 Å². The molecule has 0 spiro atoms. The summed E-state index contributed by atoms with van der Waals surface area (Å²) in [5, 5.41) is 7.97. The molecule has 40 heavy (non-hydrogen) atoms. The van der Waals surface area contributed by atoms with Gasteiger partial charge < -0.3 is 20.1 Å². The number of hydrogen-bond acceptors (Lipinski definition) is 6. The van der Waals surface area contributed by atoms with Gasteiger partial charge in [0, 0.05) is 59.0 Å². The third kappa shape index (κ3) is 5.52. The molecule has 2 amide bonds. The van der Waals surface area contributed by atoms with Gasteiger partial charge in [0.1, 0.15) is 18.2 Å². The number of anilines is 2. The van der Waals surface area contributed by atoms with Crippen molar-refractivity contribution in [2.24, 2.45) is 4.99 Å². The van der Waals surface area contributed by atoms with E-state index >= 15 is 0 Å². The number of para-hydroxylation sites is 1. The van der Waals surface area contributed by atoms with Crippen LogP contribution in [-0.4, -0.2) is 56.1 Å². The van der Waals surface area contributed by atoms with Gasteiger partial charge in [0.15, 0.2) is 0 Å². The van der Waals surface area contributed by atoms with Gasteiger partial charge in [-0.15, -0.1) is 0 Å². The fourth-order valence-electron chi connectivity index (χ4n) is 5.20. The van der Waals surface area contributed by atoms with Crippen molar-refractivity contribution in [3.63, 3.8) is 0 Å². The molecule has 0 unspecified atom stereocenters. The van der Waals surface area contributed by atoms with Crippen LogP contribution in [0.1, 0.15) is 23.1 Å². The normalized spacial score (nSPS) is 18.8. The SMILES string of the molecule is O=C1C=c2ccccc2=N1.O=C1Nc2ccc(F)cc2C1=C1OCc2cc(NCCCN3CCOCC3)ccc21. The highest BCUT2D eigenvalue weighted by molar-refractivity contribution is 6.36. The van der Waals surface area contributed by atoms with Crippen LogP contribution in [0.3, 0.4) is 0 Å². The third-order valence-corrected chi connectivity index (χ3v) is 7.21. The lowest BCUT2D eigenvalue weighted by atomic mass is 10.00. The first kappa shape index (κ1) is 25.9. The summed E-state index contributed by atoms with van der Waals surface area (Å²) in [6, 6.07) is 17.8. The summed E-state index contributed by atoms with van der Waals surface area (Å²) in [5.74, 6) is -0.270. The maximum atomic E-state index is 13.7. The molecule has 0 aliphatic carbocycles. The second-order valence-corrected chi connectivity index (χ2v) is 9.90. The van der Waals surface area contributed by atoms with Gasteiger partial charge in [-0.3, -0.25) is 14.5 Å². The molecule has 1 fully saturated rings. The van der Waals surface area contributed by atoms with E-state index in [2.05, 4.69) is 26.6 Å². The molecule has 0 bridgehead atoms. The number of carbonyl (C=O) groups excluding carboxylic acids is 2. The third-order valence-electron chi connectivity index (χ3n) is 7.21. The standard InChI is InChI=1S/C23H24FN3O3.C8H5NO/c24-16-2-5-20-19(13-16)21(23(28)26-20)22-18-4-3-17(12-15(18)14-30-22)25-6-1-7-27-8-10-29-11-9-27;10-8-5-6-3-1-2-4-7(6)9-8/h2-5,12-13,25H,1,6-11,14H2,(H,26,28);1-5H. The van der Waals surface area contributed by atoms with Crippen molar-refractivity contribution in [3.8, 4) is 0 Å². The number of rotatable bonds is 5. The maximum absolute atomic E-state index is 13.7. The predicted molar refractivity (Wildman–Crippen MR) is 150 cm³/mol. The number of halogens is 1. The molecular formula is C31H29FN4O4. The van der Waals surface area contributed by atoms with Gasteiger partial charge in [0.2, 0.25) is 0 Å². The monoisotopic (exact) mass is 540 g/mol. The molecule has 204 valence electrons. The van der Waals surface area contributed by atoms with Gasteiger partial charge in [-0.05, 0) is 55.4 Å².